The van der Waals surface area contributed by atoms with Crippen molar-refractivity contribution < 1.29 is 9.53 Å². The van der Waals surface area contributed by atoms with Crippen LogP contribution in [0.3, 0.4) is 0 Å². The third-order valence-corrected chi connectivity index (χ3v) is 7.74. The van der Waals surface area contributed by atoms with Gasteiger partial charge in [-0.05, 0) is 50.3 Å². The number of carbonyl (C=O) groups is 1. The second-order valence-electron chi connectivity index (χ2n) is 10.1. The van der Waals surface area contributed by atoms with Crippen molar-refractivity contribution >= 4 is 11.7 Å². The van der Waals surface area contributed by atoms with Gasteiger partial charge in [-0.3, -0.25) is 9.69 Å². The van der Waals surface area contributed by atoms with E-state index in [0.29, 0.717) is 6.42 Å². The Morgan fingerprint density at radius 1 is 1.11 bits per heavy atom. The van der Waals surface area contributed by atoms with Crippen molar-refractivity contribution in [2.75, 3.05) is 37.6 Å². The number of para-hydroxylation sites is 1. The highest BCUT2D eigenvalue weighted by molar-refractivity contribution is 5.69. The lowest BCUT2D eigenvalue weighted by Crippen LogP contribution is -2.46. The van der Waals surface area contributed by atoms with Crippen molar-refractivity contribution in [2.45, 2.75) is 59.0 Å². The molecule has 1 heterocycles. The predicted octanol–water partition coefficient (Wildman–Crippen LogP) is 4.35. The van der Waals surface area contributed by atoms with Crippen LogP contribution in [0.1, 0.15) is 52.9 Å². The summed E-state index contributed by atoms with van der Waals surface area (Å²) in [6.45, 7) is 12.2. The molecule has 28 heavy (non-hydrogen) atoms. The first kappa shape index (κ1) is 19.8. The molecule has 0 aromatic heterocycles. The Hall–Kier alpha value is -1.55. The summed E-state index contributed by atoms with van der Waals surface area (Å²) >= 11 is 0. The van der Waals surface area contributed by atoms with Crippen LogP contribution in [-0.2, 0) is 9.53 Å². The molecule has 0 radical (unpaired) electrons. The first-order valence-electron chi connectivity index (χ1n) is 11.1. The van der Waals surface area contributed by atoms with Crippen molar-refractivity contribution in [3.8, 4) is 0 Å². The minimum Gasteiger partial charge on any atom is -0.461 e. The van der Waals surface area contributed by atoms with Gasteiger partial charge >= 0.3 is 5.97 Å². The number of anilines is 1. The zero-order chi connectivity index (χ0) is 19.8. The van der Waals surface area contributed by atoms with Gasteiger partial charge in [-0.1, -0.05) is 39.0 Å². The summed E-state index contributed by atoms with van der Waals surface area (Å²) in [5.74, 6) is 0.728. The summed E-state index contributed by atoms with van der Waals surface area (Å²) in [6.07, 6.45) is 5.28. The van der Waals surface area contributed by atoms with Gasteiger partial charge in [0.15, 0.2) is 0 Å². The number of nitrogens with zero attached hydrogens (tertiary/aromatic N) is 2. The Labute approximate surface area is 170 Å². The van der Waals surface area contributed by atoms with E-state index in [1.54, 1.807) is 0 Å². The molecule has 0 amide bonds. The van der Waals surface area contributed by atoms with Crippen LogP contribution in [0, 0.1) is 16.7 Å². The number of esters is 1. The van der Waals surface area contributed by atoms with Gasteiger partial charge in [0.25, 0.3) is 0 Å². The molecule has 1 aromatic rings. The number of piperazine rings is 1. The zero-order valence-electron chi connectivity index (χ0n) is 17.8. The van der Waals surface area contributed by atoms with E-state index in [1.165, 1.54) is 24.9 Å². The van der Waals surface area contributed by atoms with Crippen molar-refractivity contribution in [2.24, 2.45) is 16.7 Å². The molecule has 4 heteroatoms. The average molecular weight is 385 g/mol. The molecule has 4 rings (SSSR count). The molecule has 4 nitrogen and oxygen atoms in total. The van der Waals surface area contributed by atoms with Crippen LogP contribution in [-0.4, -0.2) is 49.7 Å². The number of carbonyl (C=O) groups excluding carboxylic acids is 1. The predicted molar refractivity (Wildman–Crippen MR) is 113 cm³/mol. The maximum absolute atomic E-state index is 12.5. The number of hydrogen-bond acceptors (Lipinski definition) is 4. The monoisotopic (exact) mass is 384 g/mol. The normalized spacial score (nSPS) is 31.9. The molecule has 0 unspecified atom stereocenters. The maximum atomic E-state index is 12.5. The van der Waals surface area contributed by atoms with Crippen LogP contribution in [0.15, 0.2) is 30.3 Å². The van der Waals surface area contributed by atoms with Crippen LogP contribution in [0.2, 0.25) is 0 Å². The number of hydrogen-bond donors (Lipinski definition) is 0. The molecule has 3 atom stereocenters. The summed E-state index contributed by atoms with van der Waals surface area (Å²) in [7, 11) is 0. The van der Waals surface area contributed by atoms with E-state index in [4.69, 9.17) is 4.74 Å². The minimum atomic E-state index is 0.00905. The molecule has 3 fully saturated rings. The van der Waals surface area contributed by atoms with Crippen molar-refractivity contribution in [3.05, 3.63) is 30.3 Å². The van der Waals surface area contributed by atoms with E-state index in [1.807, 2.05) is 0 Å². The van der Waals surface area contributed by atoms with E-state index in [0.717, 1.165) is 45.1 Å². The van der Waals surface area contributed by atoms with Gasteiger partial charge in [0.2, 0.25) is 0 Å². The van der Waals surface area contributed by atoms with Gasteiger partial charge in [0, 0.05) is 49.1 Å². The molecule has 2 saturated carbocycles. The molecular weight excluding hydrogens is 348 g/mol. The van der Waals surface area contributed by atoms with Crippen LogP contribution in [0.4, 0.5) is 5.69 Å². The van der Waals surface area contributed by atoms with Crippen LogP contribution >= 0.6 is 0 Å². The molecule has 1 saturated heterocycles. The Morgan fingerprint density at radius 3 is 2.46 bits per heavy atom. The van der Waals surface area contributed by atoms with Crippen molar-refractivity contribution in [1.82, 2.24) is 4.90 Å². The summed E-state index contributed by atoms with van der Waals surface area (Å²) in [6, 6.07) is 10.6. The smallest absolute Gasteiger partial charge is 0.306 e. The van der Waals surface area contributed by atoms with E-state index in [-0.39, 0.29) is 22.9 Å². The van der Waals surface area contributed by atoms with Gasteiger partial charge < -0.3 is 9.64 Å². The van der Waals surface area contributed by atoms with Crippen molar-refractivity contribution in [1.29, 1.82) is 0 Å². The van der Waals surface area contributed by atoms with Crippen molar-refractivity contribution in [3.63, 3.8) is 0 Å². The molecule has 1 aromatic carbocycles. The Kier molecular flexibility index (Phi) is 5.43. The van der Waals surface area contributed by atoms with Crippen LogP contribution in [0.25, 0.3) is 0 Å². The molecule has 0 N–H and O–H groups in total. The minimum absolute atomic E-state index is 0.00905. The summed E-state index contributed by atoms with van der Waals surface area (Å²) in [4.78, 5) is 17.5. The molecule has 1 aliphatic heterocycles. The fraction of sp³-hybridized carbons (Fsp3) is 0.708. The van der Waals surface area contributed by atoms with Gasteiger partial charge in [0.05, 0.1) is 0 Å². The SMILES string of the molecule is CC1(C)[C@H]2CC[C@](C)(C2)[C@H]1OC(=O)CCCN1CCN(c2ccccc2)CC1. The first-order chi connectivity index (χ1) is 13.4. The quantitative estimate of drug-likeness (QED) is 0.683. The number of benzene rings is 1. The third-order valence-electron chi connectivity index (χ3n) is 7.74. The molecule has 154 valence electrons. The van der Waals surface area contributed by atoms with Gasteiger partial charge in [0.1, 0.15) is 6.10 Å². The highest BCUT2D eigenvalue weighted by Gasteiger charge is 2.61. The summed E-state index contributed by atoms with van der Waals surface area (Å²) in [5, 5.41) is 0. The van der Waals surface area contributed by atoms with E-state index in [2.05, 4.69) is 60.9 Å². The largest absolute Gasteiger partial charge is 0.461 e. The molecule has 2 aliphatic carbocycles. The summed E-state index contributed by atoms with van der Waals surface area (Å²) < 4.78 is 6.06. The van der Waals surface area contributed by atoms with E-state index in [9.17, 15) is 4.79 Å². The molecule has 2 bridgehead atoms. The lowest BCUT2D eigenvalue weighted by molar-refractivity contribution is -0.164. The fourth-order valence-corrected chi connectivity index (χ4v) is 6.06. The number of ether oxygens (including phenoxy) is 1. The van der Waals surface area contributed by atoms with E-state index >= 15 is 0 Å². The summed E-state index contributed by atoms with van der Waals surface area (Å²) in [5.41, 5.74) is 1.65. The van der Waals surface area contributed by atoms with E-state index < -0.39 is 0 Å². The second-order valence-corrected chi connectivity index (χ2v) is 10.1. The zero-order valence-corrected chi connectivity index (χ0v) is 17.8. The molecule has 0 spiro atoms. The fourth-order valence-electron chi connectivity index (χ4n) is 6.06. The standard InChI is InChI=1S/C24H36N2O2/c1-23(2)19-11-12-24(3,18-19)22(23)28-21(27)10-7-13-25-14-16-26(17-15-25)20-8-5-4-6-9-20/h4-6,8-9,19,22H,7,10-18H2,1-3H3/t19-,22-,24+/m0/s1. The number of fused-ring (bicyclic) bond motifs is 2. The first-order valence-corrected chi connectivity index (χ1v) is 11.1. The van der Waals surface area contributed by atoms with Gasteiger partial charge in [-0.25, -0.2) is 0 Å². The average Bonchev–Trinajstić information content (AvgIpc) is 3.18. The van der Waals surface area contributed by atoms with Crippen LogP contribution < -0.4 is 4.90 Å². The Bertz CT molecular complexity index is 676. The lowest BCUT2D eigenvalue weighted by Gasteiger charge is -2.41. The van der Waals surface area contributed by atoms with Gasteiger partial charge in [-0.2, -0.15) is 0 Å². The Morgan fingerprint density at radius 2 is 1.82 bits per heavy atom. The Balaban J connectivity index is 1.19. The maximum Gasteiger partial charge on any atom is 0.306 e. The molecular formula is C24H36N2O2. The molecule has 3 aliphatic rings. The lowest BCUT2D eigenvalue weighted by atomic mass is 9.70. The second kappa shape index (κ2) is 7.70. The highest BCUT2D eigenvalue weighted by atomic mass is 16.5. The van der Waals surface area contributed by atoms with Crippen LogP contribution in [0.5, 0.6) is 0 Å². The number of rotatable bonds is 6. The third kappa shape index (κ3) is 3.80. The topological polar surface area (TPSA) is 32.8 Å². The highest BCUT2D eigenvalue weighted by Crippen LogP contribution is 2.63. The van der Waals surface area contributed by atoms with Gasteiger partial charge in [-0.15, -0.1) is 0 Å².